The van der Waals surface area contributed by atoms with E-state index in [4.69, 9.17) is 10.5 Å². The second-order valence-corrected chi connectivity index (χ2v) is 8.89. The number of anilines is 1. The lowest BCUT2D eigenvalue weighted by Gasteiger charge is -2.43. The van der Waals surface area contributed by atoms with Crippen molar-refractivity contribution in [3.05, 3.63) is 76.5 Å². The van der Waals surface area contributed by atoms with Crippen LogP contribution in [0.1, 0.15) is 38.2 Å². The Hall–Kier alpha value is -3.79. The molecule has 4 rings (SSSR count). The number of nitrogens with two attached hydrogens (primary N) is 1. The summed E-state index contributed by atoms with van der Waals surface area (Å²) in [7, 11) is 1.45. The van der Waals surface area contributed by atoms with E-state index in [-0.39, 0.29) is 28.3 Å². The maximum absolute atomic E-state index is 13.6. The molecule has 7 heteroatoms. The zero-order valence-corrected chi connectivity index (χ0v) is 18.1. The number of benzene rings is 2. The van der Waals surface area contributed by atoms with Gasteiger partial charge in [-0.15, -0.1) is 0 Å². The molecule has 2 aromatic rings. The van der Waals surface area contributed by atoms with Crippen molar-refractivity contribution in [1.82, 2.24) is 0 Å². The predicted molar refractivity (Wildman–Crippen MR) is 118 cm³/mol. The molecule has 0 fully saturated rings. The van der Waals surface area contributed by atoms with Crippen molar-refractivity contribution in [2.24, 2.45) is 11.1 Å². The lowest BCUT2D eigenvalue weighted by Crippen LogP contribution is -2.42. The highest BCUT2D eigenvalue weighted by molar-refractivity contribution is 6.01. The fraction of sp³-hybridized carbons (Fsp3) is 0.280. The topological polar surface area (TPSA) is 99.6 Å². The van der Waals surface area contributed by atoms with Gasteiger partial charge in [0.15, 0.2) is 17.3 Å². The second kappa shape index (κ2) is 7.72. The van der Waals surface area contributed by atoms with Crippen LogP contribution in [-0.2, 0) is 4.79 Å². The monoisotopic (exact) mass is 433 g/mol. The van der Waals surface area contributed by atoms with Gasteiger partial charge in [0.25, 0.3) is 0 Å². The Labute approximate surface area is 186 Å². The van der Waals surface area contributed by atoms with Crippen LogP contribution >= 0.6 is 0 Å². The first-order valence-electron chi connectivity index (χ1n) is 10.3. The van der Waals surface area contributed by atoms with Gasteiger partial charge in [0, 0.05) is 23.4 Å². The molecular weight excluding hydrogens is 409 g/mol. The van der Waals surface area contributed by atoms with Crippen LogP contribution in [0.5, 0.6) is 11.5 Å². The molecule has 164 valence electrons. The molecule has 0 amide bonds. The number of Topliss-reactive ketones (excluding diaryl/α,β-unsaturated/α-hetero) is 1. The number of aromatic hydroxyl groups is 1. The number of hydrogen-bond acceptors (Lipinski definition) is 6. The minimum atomic E-state index is -0.716. The molecule has 0 unspecified atom stereocenters. The van der Waals surface area contributed by atoms with Crippen molar-refractivity contribution in [3.8, 4) is 17.6 Å². The van der Waals surface area contributed by atoms with Crippen LogP contribution in [0.15, 0.2) is 65.1 Å². The number of carbonyl (C=O) groups is 1. The van der Waals surface area contributed by atoms with Gasteiger partial charge in [0.2, 0.25) is 0 Å². The van der Waals surface area contributed by atoms with E-state index in [1.807, 2.05) is 13.8 Å². The molecular formula is C25H24FN3O3. The van der Waals surface area contributed by atoms with E-state index in [1.54, 1.807) is 29.2 Å². The van der Waals surface area contributed by atoms with Gasteiger partial charge in [0.1, 0.15) is 11.6 Å². The summed E-state index contributed by atoms with van der Waals surface area (Å²) in [5, 5.41) is 20.4. The van der Waals surface area contributed by atoms with Crippen molar-refractivity contribution >= 4 is 11.5 Å². The maximum atomic E-state index is 13.6. The number of ketones is 1. The molecule has 0 aromatic heterocycles. The Morgan fingerprint density at radius 3 is 2.50 bits per heavy atom. The number of phenols is 1. The van der Waals surface area contributed by atoms with Gasteiger partial charge in [-0.1, -0.05) is 19.9 Å². The summed E-state index contributed by atoms with van der Waals surface area (Å²) in [6.45, 7) is 4.01. The average Bonchev–Trinajstić information content (AvgIpc) is 2.73. The van der Waals surface area contributed by atoms with Crippen LogP contribution in [-0.4, -0.2) is 18.0 Å². The predicted octanol–water partition coefficient (Wildman–Crippen LogP) is 4.48. The Bertz CT molecular complexity index is 1210. The van der Waals surface area contributed by atoms with Crippen LogP contribution in [0.25, 0.3) is 0 Å². The number of nitrogens with zero attached hydrogens (tertiary/aromatic N) is 2. The lowest BCUT2D eigenvalue weighted by molar-refractivity contribution is -0.118. The van der Waals surface area contributed by atoms with Gasteiger partial charge in [0.05, 0.1) is 24.7 Å². The first kappa shape index (κ1) is 21.4. The molecule has 1 atom stereocenters. The van der Waals surface area contributed by atoms with Crippen molar-refractivity contribution in [2.75, 3.05) is 12.0 Å². The molecule has 0 bridgehead atoms. The van der Waals surface area contributed by atoms with E-state index < -0.39 is 11.7 Å². The summed E-state index contributed by atoms with van der Waals surface area (Å²) < 4.78 is 18.7. The average molecular weight is 433 g/mol. The molecule has 3 N–H and O–H groups in total. The number of phenolic OH excluding ortho intramolecular Hbond substituents is 1. The Balaban J connectivity index is 1.98. The number of ether oxygens (including phenoxy) is 1. The van der Waals surface area contributed by atoms with E-state index >= 15 is 0 Å². The summed E-state index contributed by atoms with van der Waals surface area (Å²) in [5.41, 5.74) is 8.72. The first-order valence-corrected chi connectivity index (χ1v) is 10.3. The van der Waals surface area contributed by atoms with Gasteiger partial charge in [-0.3, -0.25) is 9.69 Å². The fourth-order valence-electron chi connectivity index (χ4n) is 4.61. The normalized spacial score (nSPS) is 20.2. The van der Waals surface area contributed by atoms with E-state index in [0.717, 1.165) is 0 Å². The summed E-state index contributed by atoms with van der Waals surface area (Å²) in [6.07, 6.45) is 0.865. The maximum Gasteiger partial charge on any atom is 0.162 e. The minimum Gasteiger partial charge on any atom is -0.504 e. The summed E-state index contributed by atoms with van der Waals surface area (Å²) in [5.74, 6) is -0.805. The number of methoxy groups -OCH3 is 1. The first-order chi connectivity index (χ1) is 15.2. The van der Waals surface area contributed by atoms with E-state index in [2.05, 4.69) is 6.07 Å². The van der Waals surface area contributed by atoms with Crippen molar-refractivity contribution in [2.45, 2.75) is 32.6 Å². The quantitative estimate of drug-likeness (QED) is 0.740. The molecule has 0 radical (unpaired) electrons. The molecule has 0 spiro atoms. The van der Waals surface area contributed by atoms with Gasteiger partial charge in [-0.05, 0) is 53.8 Å². The summed E-state index contributed by atoms with van der Waals surface area (Å²) >= 11 is 0. The van der Waals surface area contributed by atoms with Crippen LogP contribution in [0.4, 0.5) is 10.1 Å². The number of allylic oxidation sites excluding steroid dienone is 3. The third-order valence-corrected chi connectivity index (χ3v) is 6.00. The zero-order chi connectivity index (χ0) is 23.2. The molecule has 1 aliphatic carbocycles. The van der Waals surface area contributed by atoms with Crippen LogP contribution in [0.2, 0.25) is 0 Å². The molecule has 2 aromatic carbocycles. The number of halogens is 1. The molecule has 2 aliphatic rings. The molecule has 0 saturated carbocycles. The van der Waals surface area contributed by atoms with Gasteiger partial charge in [-0.2, -0.15) is 5.26 Å². The van der Waals surface area contributed by atoms with E-state index in [9.17, 15) is 19.6 Å². The smallest absolute Gasteiger partial charge is 0.162 e. The van der Waals surface area contributed by atoms with Gasteiger partial charge in [-0.25, -0.2) is 4.39 Å². The molecule has 32 heavy (non-hydrogen) atoms. The van der Waals surface area contributed by atoms with Crippen LogP contribution in [0, 0.1) is 22.6 Å². The molecule has 1 aliphatic heterocycles. The van der Waals surface area contributed by atoms with Crippen molar-refractivity contribution < 1.29 is 19.0 Å². The van der Waals surface area contributed by atoms with Crippen molar-refractivity contribution in [3.63, 3.8) is 0 Å². The zero-order valence-electron chi connectivity index (χ0n) is 18.1. The van der Waals surface area contributed by atoms with E-state index in [1.165, 1.54) is 25.3 Å². The van der Waals surface area contributed by atoms with Gasteiger partial charge >= 0.3 is 0 Å². The standard InChI is InChI=1S/C25H24FN3O3/c1-25(2)11-18-23(20(31)12-25)22(14-4-9-21(32-3)19(30)10-14)17(13-27)24(28)29(18)16-7-5-15(26)6-8-16/h4-10,22,30H,11-12,28H2,1-3H3/t22-/m1/s1. The SMILES string of the molecule is COc1ccc([C@@H]2C(C#N)=C(N)N(c3ccc(F)cc3)C3=C2C(=O)CC(C)(C)C3)cc1O. The highest BCUT2D eigenvalue weighted by atomic mass is 19.1. The molecule has 0 saturated heterocycles. The summed E-state index contributed by atoms with van der Waals surface area (Å²) in [4.78, 5) is 15.1. The number of rotatable bonds is 3. The summed E-state index contributed by atoms with van der Waals surface area (Å²) in [6, 6.07) is 12.8. The number of nitriles is 1. The highest BCUT2D eigenvalue weighted by Gasteiger charge is 2.44. The third kappa shape index (κ3) is 3.48. The second-order valence-electron chi connectivity index (χ2n) is 8.89. The minimum absolute atomic E-state index is 0.0797. The Kier molecular flexibility index (Phi) is 5.17. The Morgan fingerprint density at radius 1 is 1.22 bits per heavy atom. The van der Waals surface area contributed by atoms with Gasteiger partial charge < -0.3 is 15.6 Å². The molecule has 6 nitrogen and oxygen atoms in total. The Morgan fingerprint density at radius 2 is 1.91 bits per heavy atom. The largest absolute Gasteiger partial charge is 0.504 e. The number of carbonyl (C=O) groups excluding carboxylic acids is 1. The van der Waals surface area contributed by atoms with E-state index in [0.29, 0.717) is 41.1 Å². The van der Waals surface area contributed by atoms with Crippen LogP contribution < -0.4 is 15.4 Å². The fourth-order valence-corrected chi connectivity index (χ4v) is 4.61. The number of hydrogen-bond donors (Lipinski definition) is 2. The highest BCUT2D eigenvalue weighted by Crippen LogP contribution is 2.50. The lowest BCUT2D eigenvalue weighted by atomic mass is 9.68. The third-order valence-electron chi connectivity index (χ3n) is 6.00. The van der Waals surface area contributed by atoms with Crippen molar-refractivity contribution in [1.29, 1.82) is 5.26 Å². The van der Waals surface area contributed by atoms with Crippen LogP contribution in [0.3, 0.4) is 0 Å². The molecule has 1 heterocycles.